The molecule has 1 fully saturated rings. The molecule has 1 aliphatic heterocycles. The van der Waals surface area contributed by atoms with Crippen LogP contribution in [-0.4, -0.2) is 28.9 Å². The lowest BCUT2D eigenvalue weighted by atomic mass is 9.80. The molecule has 0 radical (unpaired) electrons. The Morgan fingerprint density at radius 2 is 1.72 bits per heavy atom. The van der Waals surface area contributed by atoms with Gasteiger partial charge in [0, 0.05) is 12.5 Å². The van der Waals surface area contributed by atoms with Gasteiger partial charge in [0.15, 0.2) is 0 Å². The number of hydrogen-bond acceptors (Lipinski definition) is 4. The average molecular weight is 435 g/mol. The smallest absolute Gasteiger partial charge is 0.233 e. The van der Waals surface area contributed by atoms with E-state index in [4.69, 9.17) is 0 Å². The summed E-state index contributed by atoms with van der Waals surface area (Å²) < 4.78 is 0. The Balaban J connectivity index is 1.38. The second-order valence-corrected chi connectivity index (χ2v) is 9.40. The summed E-state index contributed by atoms with van der Waals surface area (Å²) in [6.45, 7) is 4.59. The van der Waals surface area contributed by atoms with Crippen molar-refractivity contribution in [3.63, 3.8) is 0 Å². The molecule has 0 aromatic heterocycles. The first-order chi connectivity index (χ1) is 15.4. The van der Waals surface area contributed by atoms with Crippen LogP contribution in [-0.2, 0) is 32.3 Å². The molecule has 3 amide bonds. The Morgan fingerprint density at radius 3 is 2.50 bits per heavy atom. The van der Waals surface area contributed by atoms with Crippen LogP contribution >= 0.6 is 0 Å². The van der Waals surface area contributed by atoms with Gasteiger partial charge < -0.3 is 10.1 Å². The van der Waals surface area contributed by atoms with Gasteiger partial charge in [-0.15, -0.1) is 0 Å². The second-order valence-electron chi connectivity index (χ2n) is 9.40. The minimum absolute atomic E-state index is 0.0771. The molecule has 1 heterocycles. The summed E-state index contributed by atoms with van der Waals surface area (Å²) in [6, 6.07) is 7.61. The van der Waals surface area contributed by atoms with Crippen LogP contribution in [0.15, 0.2) is 47.6 Å². The number of hydrogen-bond donors (Lipinski definition) is 1. The summed E-state index contributed by atoms with van der Waals surface area (Å²) in [5.74, 6) is -1.34. The number of allylic oxidation sites excluding steroid dienone is 4. The minimum atomic E-state index is -0.332. The Bertz CT molecular complexity index is 1010. The number of fused-ring (bicyclic) bond motifs is 1. The van der Waals surface area contributed by atoms with Gasteiger partial charge in [0.2, 0.25) is 17.7 Å². The van der Waals surface area contributed by atoms with Crippen LogP contribution in [0, 0.1) is 23.7 Å². The molecule has 4 rings (SSSR count). The monoisotopic (exact) mass is 434 g/mol. The maximum absolute atomic E-state index is 12.8. The van der Waals surface area contributed by atoms with E-state index >= 15 is 0 Å². The Kier molecular flexibility index (Phi) is 6.40. The van der Waals surface area contributed by atoms with E-state index in [1.54, 1.807) is 0 Å². The number of likely N-dealkylation sites (tertiary alicyclic amines) is 1. The van der Waals surface area contributed by atoms with Gasteiger partial charge in [0.25, 0.3) is 0 Å². The lowest BCUT2D eigenvalue weighted by molar-refractivity contribution is -0.140. The van der Waals surface area contributed by atoms with Gasteiger partial charge in [-0.05, 0) is 50.7 Å². The second kappa shape index (κ2) is 9.23. The van der Waals surface area contributed by atoms with Gasteiger partial charge >= 0.3 is 0 Å². The Labute approximate surface area is 188 Å². The van der Waals surface area contributed by atoms with E-state index in [1.807, 2.05) is 44.2 Å². The van der Waals surface area contributed by atoms with E-state index in [1.165, 1.54) is 10.5 Å². The van der Waals surface area contributed by atoms with Crippen molar-refractivity contribution in [1.82, 2.24) is 10.2 Å². The highest BCUT2D eigenvalue weighted by atomic mass is 16.2. The van der Waals surface area contributed by atoms with Gasteiger partial charge in [-0.1, -0.05) is 47.6 Å². The topological polar surface area (TPSA) is 83.6 Å². The van der Waals surface area contributed by atoms with Crippen molar-refractivity contribution in [3.8, 4) is 0 Å². The van der Waals surface area contributed by atoms with E-state index in [0.29, 0.717) is 32.2 Å². The molecule has 32 heavy (non-hydrogen) atoms. The number of rotatable bonds is 6. The Morgan fingerprint density at radius 1 is 1.03 bits per heavy atom. The van der Waals surface area contributed by atoms with Gasteiger partial charge in [-0.25, -0.2) is 0 Å². The predicted molar refractivity (Wildman–Crippen MR) is 120 cm³/mol. The van der Waals surface area contributed by atoms with Crippen molar-refractivity contribution in [3.05, 3.63) is 58.7 Å². The fourth-order valence-corrected chi connectivity index (χ4v) is 5.12. The lowest BCUT2D eigenvalue weighted by Crippen LogP contribution is -2.36. The third kappa shape index (κ3) is 4.45. The first kappa shape index (κ1) is 22.2. The summed E-state index contributed by atoms with van der Waals surface area (Å²) >= 11 is 0. The Hall–Kier alpha value is -3.02. The molecule has 0 saturated carbocycles. The third-order valence-electron chi connectivity index (χ3n) is 7.02. The molecule has 6 nitrogen and oxygen atoms in total. The molecular formula is C26H30N2O4. The van der Waals surface area contributed by atoms with Crippen LogP contribution in [0.2, 0.25) is 0 Å². The molecule has 1 saturated heterocycles. The van der Waals surface area contributed by atoms with Crippen LogP contribution < -0.4 is 5.32 Å². The first-order valence-electron chi connectivity index (χ1n) is 11.3. The van der Waals surface area contributed by atoms with Crippen LogP contribution in [0.5, 0.6) is 0 Å². The highest BCUT2D eigenvalue weighted by molar-refractivity contribution is 6.05. The normalized spacial score (nSPS) is 27.5. The van der Waals surface area contributed by atoms with Gasteiger partial charge in [0.1, 0.15) is 6.29 Å². The van der Waals surface area contributed by atoms with E-state index in [-0.39, 0.29) is 47.9 Å². The van der Waals surface area contributed by atoms with E-state index in [2.05, 4.69) is 11.4 Å². The van der Waals surface area contributed by atoms with Gasteiger partial charge in [-0.3, -0.25) is 19.3 Å². The first-order valence-corrected chi connectivity index (χ1v) is 11.3. The highest BCUT2D eigenvalue weighted by Gasteiger charge is 2.47. The lowest BCUT2D eigenvalue weighted by Gasteiger charge is -2.25. The van der Waals surface area contributed by atoms with E-state index in [0.717, 1.165) is 23.0 Å². The molecule has 1 aromatic carbocycles. The molecule has 2 aliphatic carbocycles. The molecular weight excluding hydrogens is 404 g/mol. The van der Waals surface area contributed by atoms with Crippen LogP contribution in [0.3, 0.4) is 0 Å². The fourth-order valence-electron chi connectivity index (χ4n) is 5.12. The molecule has 1 N–H and O–H groups in total. The number of imide groups is 1. The molecule has 1 aromatic rings. The van der Waals surface area contributed by atoms with Gasteiger partial charge in [0.05, 0.1) is 24.3 Å². The molecule has 168 valence electrons. The zero-order chi connectivity index (χ0) is 22.8. The fraction of sp³-hybridized carbons (Fsp3) is 0.462. The number of amides is 3. The number of nitrogens with zero attached hydrogens (tertiary/aromatic N) is 1. The van der Waals surface area contributed by atoms with Crippen LogP contribution in [0.1, 0.15) is 50.7 Å². The van der Waals surface area contributed by atoms with Crippen LogP contribution in [0.4, 0.5) is 0 Å². The summed E-state index contributed by atoms with van der Waals surface area (Å²) in [4.78, 5) is 51.1. The zero-order valence-corrected chi connectivity index (χ0v) is 18.7. The number of carbonyl (C=O) groups excluding carboxylic acids is 4. The molecule has 4 unspecified atom stereocenters. The van der Waals surface area contributed by atoms with E-state index < -0.39 is 0 Å². The summed E-state index contributed by atoms with van der Waals surface area (Å²) in [6.07, 6.45) is 7.49. The quantitative estimate of drug-likeness (QED) is 0.423. The van der Waals surface area contributed by atoms with Crippen molar-refractivity contribution in [2.45, 2.75) is 52.6 Å². The van der Waals surface area contributed by atoms with Crippen molar-refractivity contribution < 1.29 is 19.2 Å². The number of nitrogens with one attached hydrogen (secondary N) is 1. The van der Waals surface area contributed by atoms with Crippen molar-refractivity contribution in [2.75, 3.05) is 0 Å². The SMILES string of the molecule is CC1=CCC(C=O)C(C(=O)NCc2cccc(CN3C(=O)C4CC=C(C)CC4C3=O)c2)C1. The summed E-state index contributed by atoms with van der Waals surface area (Å²) in [7, 11) is 0. The molecule has 3 aliphatic rings. The maximum Gasteiger partial charge on any atom is 0.233 e. The average Bonchev–Trinajstić information content (AvgIpc) is 3.02. The molecule has 4 atom stereocenters. The highest BCUT2D eigenvalue weighted by Crippen LogP contribution is 2.38. The van der Waals surface area contributed by atoms with Crippen molar-refractivity contribution >= 4 is 24.0 Å². The summed E-state index contributed by atoms with van der Waals surface area (Å²) in [5.41, 5.74) is 4.07. The zero-order valence-electron chi connectivity index (χ0n) is 18.7. The van der Waals surface area contributed by atoms with Crippen molar-refractivity contribution in [2.24, 2.45) is 23.7 Å². The summed E-state index contributed by atoms with van der Waals surface area (Å²) in [5, 5.41) is 2.96. The predicted octanol–water partition coefficient (Wildman–Crippen LogP) is 3.32. The number of carbonyl (C=O) groups is 4. The van der Waals surface area contributed by atoms with Crippen LogP contribution in [0.25, 0.3) is 0 Å². The minimum Gasteiger partial charge on any atom is -0.352 e. The third-order valence-corrected chi connectivity index (χ3v) is 7.02. The number of benzene rings is 1. The largest absolute Gasteiger partial charge is 0.352 e. The molecule has 6 heteroatoms. The maximum atomic E-state index is 12.8. The van der Waals surface area contributed by atoms with E-state index in [9.17, 15) is 19.2 Å². The standard InChI is InChI=1S/C26H30N2O4/c1-16-6-8-20(15-29)22(10-16)24(30)27-13-18-4-3-5-19(12-18)14-28-25(31)21-9-7-17(2)11-23(21)26(28)32/h3-7,12,15,20-23H,8-11,13-14H2,1-2H3,(H,27,30). The molecule has 0 bridgehead atoms. The molecule has 0 spiro atoms. The van der Waals surface area contributed by atoms with Crippen molar-refractivity contribution in [1.29, 1.82) is 0 Å². The van der Waals surface area contributed by atoms with Gasteiger partial charge in [-0.2, -0.15) is 0 Å². The number of aldehydes is 1.